The number of nitrogens with zero attached hydrogens (tertiary/aromatic N) is 2. The van der Waals surface area contributed by atoms with Crippen LogP contribution < -0.4 is 10.1 Å². The Morgan fingerprint density at radius 1 is 1.40 bits per heavy atom. The third-order valence-corrected chi connectivity index (χ3v) is 3.29. The molecular formula is C10H14BrN3O. The van der Waals surface area contributed by atoms with Crippen molar-refractivity contribution < 1.29 is 4.74 Å². The average Bonchev–Trinajstić information content (AvgIpc) is 2.74. The first-order valence-corrected chi connectivity index (χ1v) is 5.95. The molecule has 1 aromatic heterocycles. The van der Waals surface area contributed by atoms with Gasteiger partial charge in [0.15, 0.2) is 0 Å². The predicted octanol–water partition coefficient (Wildman–Crippen LogP) is 2.60. The van der Waals surface area contributed by atoms with E-state index in [2.05, 4.69) is 31.2 Å². The second kappa shape index (κ2) is 4.79. The third-order valence-electron chi connectivity index (χ3n) is 2.57. The van der Waals surface area contributed by atoms with Crippen molar-refractivity contribution in [2.45, 2.75) is 31.8 Å². The predicted molar refractivity (Wildman–Crippen MR) is 62.2 cm³/mol. The van der Waals surface area contributed by atoms with Crippen LogP contribution >= 0.6 is 15.9 Å². The molecule has 0 bridgehead atoms. The van der Waals surface area contributed by atoms with Crippen molar-refractivity contribution in [3.63, 3.8) is 0 Å². The molecule has 2 rings (SSSR count). The summed E-state index contributed by atoms with van der Waals surface area (Å²) in [5.41, 5.74) is 0. The van der Waals surface area contributed by atoms with Gasteiger partial charge in [-0.3, -0.25) is 0 Å². The molecule has 0 radical (unpaired) electrons. The zero-order chi connectivity index (χ0) is 10.7. The monoisotopic (exact) mass is 271 g/mol. The van der Waals surface area contributed by atoms with E-state index in [4.69, 9.17) is 4.74 Å². The molecule has 0 amide bonds. The van der Waals surface area contributed by atoms with Crippen LogP contribution in [0, 0.1) is 0 Å². The minimum Gasteiger partial charge on any atom is -0.473 e. The second-order valence-electron chi connectivity index (χ2n) is 3.62. The Hall–Kier alpha value is -0.840. The van der Waals surface area contributed by atoms with Gasteiger partial charge in [0.25, 0.3) is 0 Å². The van der Waals surface area contributed by atoms with Gasteiger partial charge in [-0.25, -0.2) is 9.97 Å². The van der Waals surface area contributed by atoms with Crippen molar-refractivity contribution in [1.29, 1.82) is 0 Å². The molecule has 1 aliphatic carbocycles. The van der Waals surface area contributed by atoms with Crippen LogP contribution in [-0.2, 0) is 0 Å². The summed E-state index contributed by atoms with van der Waals surface area (Å²) in [7, 11) is 1.83. The van der Waals surface area contributed by atoms with Crippen molar-refractivity contribution in [2.75, 3.05) is 12.4 Å². The number of aromatic nitrogens is 2. The molecule has 4 nitrogen and oxygen atoms in total. The Morgan fingerprint density at radius 2 is 2.13 bits per heavy atom. The molecule has 1 saturated carbocycles. The maximum atomic E-state index is 5.81. The first-order chi connectivity index (χ1) is 7.31. The summed E-state index contributed by atoms with van der Waals surface area (Å²) >= 11 is 3.44. The van der Waals surface area contributed by atoms with Gasteiger partial charge in [-0.1, -0.05) is 0 Å². The van der Waals surface area contributed by atoms with E-state index in [9.17, 15) is 0 Å². The van der Waals surface area contributed by atoms with Gasteiger partial charge in [0, 0.05) is 7.05 Å². The zero-order valence-electron chi connectivity index (χ0n) is 8.66. The van der Waals surface area contributed by atoms with Crippen LogP contribution in [0.5, 0.6) is 5.88 Å². The van der Waals surface area contributed by atoms with Gasteiger partial charge in [-0.05, 0) is 41.6 Å². The molecular weight excluding hydrogens is 258 g/mol. The Bertz CT molecular complexity index is 339. The van der Waals surface area contributed by atoms with E-state index in [1.54, 1.807) is 0 Å². The van der Waals surface area contributed by atoms with Crippen LogP contribution in [0.15, 0.2) is 10.8 Å². The summed E-state index contributed by atoms with van der Waals surface area (Å²) in [5.74, 6) is 1.40. The number of ether oxygens (including phenoxy) is 1. The highest BCUT2D eigenvalue weighted by molar-refractivity contribution is 9.10. The third kappa shape index (κ3) is 2.40. The molecule has 0 unspecified atom stereocenters. The van der Waals surface area contributed by atoms with Gasteiger partial charge in [0.05, 0.1) is 0 Å². The van der Waals surface area contributed by atoms with Gasteiger partial charge in [0.2, 0.25) is 5.88 Å². The second-order valence-corrected chi connectivity index (χ2v) is 4.41. The highest BCUT2D eigenvalue weighted by atomic mass is 79.9. The minimum absolute atomic E-state index is 0.320. The SMILES string of the molecule is CNc1ncnc(OC2CCCC2)c1Br. The molecule has 0 saturated heterocycles. The first kappa shape index (κ1) is 10.7. The highest BCUT2D eigenvalue weighted by Gasteiger charge is 2.19. The lowest BCUT2D eigenvalue weighted by molar-refractivity contribution is 0.199. The maximum Gasteiger partial charge on any atom is 0.233 e. The molecule has 1 aromatic rings. The topological polar surface area (TPSA) is 47.0 Å². The summed E-state index contributed by atoms with van der Waals surface area (Å²) in [6.07, 6.45) is 6.61. The van der Waals surface area contributed by atoms with Crippen LogP contribution in [0.4, 0.5) is 5.82 Å². The highest BCUT2D eigenvalue weighted by Crippen LogP contribution is 2.31. The Morgan fingerprint density at radius 3 is 2.80 bits per heavy atom. The summed E-state index contributed by atoms with van der Waals surface area (Å²) in [6, 6.07) is 0. The van der Waals surface area contributed by atoms with Gasteiger partial charge in [-0.15, -0.1) is 0 Å². The minimum atomic E-state index is 0.320. The van der Waals surface area contributed by atoms with Crippen molar-refractivity contribution in [3.05, 3.63) is 10.8 Å². The molecule has 82 valence electrons. The molecule has 0 atom stereocenters. The van der Waals surface area contributed by atoms with Crippen LogP contribution in [0.3, 0.4) is 0 Å². The van der Waals surface area contributed by atoms with E-state index in [0.29, 0.717) is 12.0 Å². The van der Waals surface area contributed by atoms with Crippen LogP contribution in [0.1, 0.15) is 25.7 Å². The van der Waals surface area contributed by atoms with Crippen molar-refractivity contribution in [1.82, 2.24) is 9.97 Å². The van der Waals surface area contributed by atoms with E-state index in [1.165, 1.54) is 19.2 Å². The lowest BCUT2D eigenvalue weighted by atomic mass is 10.3. The largest absolute Gasteiger partial charge is 0.473 e. The van der Waals surface area contributed by atoms with E-state index < -0.39 is 0 Å². The fourth-order valence-corrected chi connectivity index (χ4v) is 2.27. The van der Waals surface area contributed by atoms with E-state index >= 15 is 0 Å². The fraction of sp³-hybridized carbons (Fsp3) is 0.600. The van der Waals surface area contributed by atoms with Crippen LogP contribution in [0.2, 0.25) is 0 Å². The van der Waals surface area contributed by atoms with Gasteiger partial charge in [-0.2, -0.15) is 0 Å². The summed E-state index contributed by atoms with van der Waals surface area (Å²) in [4.78, 5) is 8.21. The molecule has 1 heterocycles. The van der Waals surface area contributed by atoms with Crippen LogP contribution in [0.25, 0.3) is 0 Å². The number of hydrogen-bond acceptors (Lipinski definition) is 4. The van der Waals surface area contributed by atoms with Crippen molar-refractivity contribution in [2.24, 2.45) is 0 Å². The molecule has 5 heteroatoms. The lowest BCUT2D eigenvalue weighted by Crippen LogP contribution is -2.12. The standard InChI is InChI=1S/C10H14BrN3O/c1-12-9-8(11)10(14-6-13-9)15-7-4-2-3-5-7/h6-7H,2-5H2,1H3,(H,12,13,14). The van der Waals surface area contributed by atoms with E-state index in [0.717, 1.165) is 23.1 Å². The van der Waals surface area contributed by atoms with E-state index in [-0.39, 0.29) is 0 Å². The molecule has 1 aliphatic rings. The lowest BCUT2D eigenvalue weighted by Gasteiger charge is -2.14. The normalized spacial score (nSPS) is 16.7. The summed E-state index contributed by atoms with van der Waals surface area (Å²) in [5, 5.41) is 2.98. The number of hydrogen-bond donors (Lipinski definition) is 1. The number of anilines is 1. The zero-order valence-corrected chi connectivity index (χ0v) is 10.2. The van der Waals surface area contributed by atoms with Gasteiger partial charge in [0.1, 0.15) is 22.7 Å². The number of halogens is 1. The Labute approximate surface area is 97.6 Å². The molecule has 0 spiro atoms. The average molecular weight is 272 g/mol. The number of rotatable bonds is 3. The first-order valence-electron chi connectivity index (χ1n) is 5.16. The molecule has 0 aliphatic heterocycles. The fourth-order valence-electron chi connectivity index (χ4n) is 1.77. The maximum absolute atomic E-state index is 5.81. The smallest absolute Gasteiger partial charge is 0.233 e. The molecule has 0 aromatic carbocycles. The van der Waals surface area contributed by atoms with E-state index in [1.807, 2.05) is 7.05 Å². The molecule has 15 heavy (non-hydrogen) atoms. The van der Waals surface area contributed by atoms with Crippen LogP contribution in [-0.4, -0.2) is 23.1 Å². The quantitative estimate of drug-likeness (QED) is 0.918. The Kier molecular flexibility index (Phi) is 3.41. The molecule has 1 N–H and O–H groups in total. The van der Waals surface area contributed by atoms with Crippen molar-refractivity contribution in [3.8, 4) is 5.88 Å². The number of nitrogens with one attached hydrogen (secondary N) is 1. The van der Waals surface area contributed by atoms with Gasteiger partial charge < -0.3 is 10.1 Å². The molecule has 1 fully saturated rings. The summed E-state index contributed by atoms with van der Waals surface area (Å²) in [6.45, 7) is 0. The van der Waals surface area contributed by atoms with Gasteiger partial charge >= 0.3 is 0 Å². The summed E-state index contributed by atoms with van der Waals surface area (Å²) < 4.78 is 6.62. The van der Waals surface area contributed by atoms with Crippen molar-refractivity contribution >= 4 is 21.7 Å². The Balaban J connectivity index is 2.13.